The number of hydrogen-bond acceptors (Lipinski definition) is 6. The molecule has 0 radical (unpaired) electrons. The molecule has 2 N–H and O–H groups in total. The number of esters is 2. The van der Waals surface area contributed by atoms with Crippen molar-refractivity contribution in [2.24, 2.45) is 10.8 Å². The molecule has 2 bridgehead atoms. The van der Waals surface area contributed by atoms with Gasteiger partial charge in [0.25, 0.3) is 0 Å². The minimum absolute atomic E-state index is 0.0523. The Morgan fingerprint density at radius 3 is 2.90 bits per heavy atom. The number of aliphatic hydroxyl groups excluding tert-OH is 1. The van der Waals surface area contributed by atoms with Crippen molar-refractivity contribution in [3.8, 4) is 0 Å². The van der Waals surface area contributed by atoms with E-state index in [2.05, 4.69) is 0 Å². The number of hydrogen-bond donors (Lipinski definition) is 2. The highest BCUT2D eigenvalue weighted by Crippen LogP contribution is 2.65. The van der Waals surface area contributed by atoms with Gasteiger partial charge in [-0.05, 0) is 13.3 Å². The monoisotopic (exact) mass is 280 g/mol. The van der Waals surface area contributed by atoms with E-state index < -0.39 is 40.6 Å². The van der Waals surface area contributed by atoms with E-state index in [0.29, 0.717) is 6.42 Å². The molecule has 20 heavy (non-hydrogen) atoms. The topological polar surface area (TPSA) is 93.1 Å². The van der Waals surface area contributed by atoms with Crippen LogP contribution in [0.3, 0.4) is 0 Å². The van der Waals surface area contributed by atoms with Gasteiger partial charge in [0.05, 0.1) is 17.9 Å². The van der Waals surface area contributed by atoms with Gasteiger partial charge in [0, 0.05) is 11.8 Å². The van der Waals surface area contributed by atoms with Crippen LogP contribution in [-0.2, 0) is 19.1 Å². The first-order chi connectivity index (χ1) is 9.34. The molecule has 0 amide bonds. The van der Waals surface area contributed by atoms with Crippen molar-refractivity contribution in [1.29, 1.82) is 0 Å². The van der Waals surface area contributed by atoms with Gasteiger partial charge in [-0.25, -0.2) is 4.79 Å². The van der Waals surface area contributed by atoms with Gasteiger partial charge in [0.1, 0.15) is 12.7 Å². The van der Waals surface area contributed by atoms with Crippen LogP contribution in [0.25, 0.3) is 0 Å². The van der Waals surface area contributed by atoms with Crippen LogP contribution in [0.5, 0.6) is 0 Å². The van der Waals surface area contributed by atoms with E-state index in [0.717, 1.165) is 5.57 Å². The molecule has 0 unspecified atom stereocenters. The summed E-state index contributed by atoms with van der Waals surface area (Å²) < 4.78 is 10.3. The fraction of sp³-hybridized carbons (Fsp3) is 0.714. The van der Waals surface area contributed by atoms with Crippen molar-refractivity contribution in [3.05, 3.63) is 11.6 Å². The summed E-state index contributed by atoms with van der Waals surface area (Å²) in [6.07, 6.45) is 1.02. The second kappa shape index (κ2) is 3.26. The number of cyclic esters (lactones) is 1. The summed E-state index contributed by atoms with van der Waals surface area (Å²) in [6, 6.07) is 0. The van der Waals surface area contributed by atoms with Gasteiger partial charge < -0.3 is 19.7 Å². The normalized spacial score (nSPS) is 52.9. The van der Waals surface area contributed by atoms with Crippen molar-refractivity contribution >= 4 is 11.9 Å². The Labute approximate surface area is 115 Å². The minimum Gasteiger partial charge on any atom is -0.462 e. The number of ether oxygens (including phenoxy) is 2. The van der Waals surface area contributed by atoms with Crippen molar-refractivity contribution in [3.63, 3.8) is 0 Å². The summed E-state index contributed by atoms with van der Waals surface area (Å²) in [5.74, 6) is -1.22. The average molecular weight is 280 g/mol. The summed E-state index contributed by atoms with van der Waals surface area (Å²) in [5, 5.41) is 21.3. The molecular formula is C14H16O6. The zero-order valence-electron chi connectivity index (χ0n) is 11.1. The van der Waals surface area contributed by atoms with Crippen molar-refractivity contribution in [2.75, 3.05) is 6.61 Å². The summed E-state index contributed by atoms with van der Waals surface area (Å²) in [5.41, 5.74) is -2.72. The molecule has 0 aromatic heterocycles. The maximum atomic E-state index is 12.1. The van der Waals surface area contributed by atoms with Crippen LogP contribution in [0.15, 0.2) is 11.6 Å². The Balaban J connectivity index is 1.96. The molecule has 3 fully saturated rings. The van der Waals surface area contributed by atoms with E-state index in [1.54, 1.807) is 6.92 Å². The number of rotatable bonds is 0. The Kier molecular flexibility index (Phi) is 2.01. The molecule has 1 spiro atoms. The molecule has 2 saturated heterocycles. The fourth-order valence-electron chi connectivity index (χ4n) is 4.63. The van der Waals surface area contributed by atoms with Crippen molar-refractivity contribution in [2.45, 2.75) is 44.0 Å². The highest BCUT2D eigenvalue weighted by atomic mass is 16.6. The van der Waals surface area contributed by atoms with Crippen LogP contribution in [-0.4, -0.2) is 46.6 Å². The van der Waals surface area contributed by atoms with Crippen LogP contribution in [0.2, 0.25) is 0 Å². The first-order valence-corrected chi connectivity index (χ1v) is 6.83. The molecule has 0 aromatic carbocycles. The number of fused-ring (bicyclic) bond motifs is 4. The van der Waals surface area contributed by atoms with E-state index in [4.69, 9.17) is 9.47 Å². The van der Waals surface area contributed by atoms with Crippen LogP contribution >= 0.6 is 0 Å². The van der Waals surface area contributed by atoms with Gasteiger partial charge >= 0.3 is 11.9 Å². The fourth-order valence-corrected chi connectivity index (χ4v) is 4.63. The van der Waals surface area contributed by atoms with Crippen molar-refractivity contribution in [1.82, 2.24) is 0 Å². The van der Waals surface area contributed by atoms with Gasteiger partial charge in [-0.15, -0.1) is 0 Å². The van der Waals surface area contributed by atoms with E-state index >= 15 is 0 Å². The SMILES string of the molecule is C[C@@]12COC(=O)[C@]1(O)[C@H]1C[C@]3(CC(=O)O1)C2=CC[C@H]3O. The van der Waals surface area contributed by atoms with E-state index in [9.17, 15) is 19.8 Å². The Bertz CT molecular complexity index is 568. The molecule has 4 rings (SSSR count). The van der Waals surface area contributed by atoms with Crippen LogP contribution < -0.4 is 0 Å². The zero-order valence-corrected chi connectivity index (χ0v) is 11.1. The van der Waals surface area contributed by atoms with Crippen molar-refractivity contribution < 1.29 is 29.3 Å². The first kappa shape index (κ1) is 12.3. The second-order valence-corrected chi connectivity index (χ2v) is 6.56. The molecule has 1 saturated carbocycles. The molecule has 5 atom stereocenters. The Morgan fingerprint density at radius 1 is 1.40 bits per heavy atom. The maximum Gasteiger partial charge on any atom is 0.343 e. The van der Waals surface area contributed by atoms with Crippen LogP contribution in [0.4, 0.5) is 0 Å². The van der Waals surface area contributed by atoms with Gasteiger partial charge in [-0.2, -0.15) is 0 Å². The lowest BCUT2D eigenvalue weighted by Gasteiger charge is -2.56. The zero-order chi connectivity index (χ0) is 14.3. The molecule has 2 heterocycles. The molecule has 108 valence electrons. The summed E-state index contributed by atoms with van der Waals surface area (Å²) in [7, 11) is 0. The third-order valence-corrected chi connectivity index (χ3v) is 5.71. The average Bonchev–Trinajstić information content (AvgIpc) is 2.81. The molecule has 0 aromatic rings. The molecule has 6 nitrogen and oxygen atoms in total. The van der Waals surface area contributed by atoms with E-state index in [1.165, 1.54) is 0 Å². The number of carbonyl (C=O) groups excluding carboxylic acids is 2. The maximum absolute atomic E-state index is 12.1. The van der Waals surface area contributed by atoms with Gasteiger partial charge in [0.2, 0.25) is 5.60 Å². The van der Waals surface area contributed by atoms with Gasteiger partial charge in [-0.1, -0.05) is 11.6 Å². The molecular weight excluding hydrogens is 264 g/mol. The third-order valence-electron chi connectivity index (χ3n) is 5.71. The molecule has 6 heteroatoms. The lowest BCUT2D eigenvalue weighted by atomic mass is 9.51. The predicted octanol–water partition coefficient (Wildman–Crippen LogP) is -0.323. The minimum atomic E-state index is -1.84. The highest BCUT2D eigenvalue weighted by Gasteiger charge is 2.76. The van der Waals surface area contributed by atoms with E-state index in [1.807, 2.05) is 6.08 Å². The quantitative estimate of drug-likeness (QED) is 0.466. The lowest BCUT2D eigenvalue weighted by molar-refractivity contribution is -0.217. The number of aliphatic hydroxyl groups is 2. The van der Waals surface area contributed by atoms with Gasteiger partial charge in [-0.3, -0.25) is 4.79 Å². The molecule has 2 aliphatic carbocycles. The molecule has 2 aliphatic heterocycles. The Morgan fingerprint density at radius 2 is 2.15 bits per heavy atom. The van der Waals surface area contributed by atoms with Crippen LogP contribution in [0, 0.1) is 10.8 Å². The summed E-state index contributed by atoms with van der Waals surface area (Å²) in [4.78, 5) is 23.9. The van der Waals surface area contributed by atoms with Crippen LogP contribution in [0.1, 0.15) is 26.2 Å². The highest BCUT2D eigenvalue weighted by molar-refractivity contribution is 5.87. The standard InChI is InChI=1S/C14H16O6/c1-12-6-19-11(17)14(12,18)9-4-13(5-10(16)20-9)7(12)2-3-8(13)15/h2,8-9,15,18H,3-6H2,1H3/t8-,9-,12+,13+,14-/m1/s1. The summed E-state index contributed by atoms with van der Waals surface area (Å²) >= 11 is 0. The lowest BCUT2D eigenvalue weighted by Crippen LogP contribution is -2.68. The van der Waals surface area contributed by atoms with Gasteiger partial charge in [0.15, 0.2) is 0 Å². The number of carbonyl (C=O) groups is 2. The predicted molar refractivity (Wildman–Crippen MR) is 64.3 cm³/mol. The largest absolute Gasteiger partial charge is 0.462 e. The van der Waals surface area contributed by atoms with E-state index in [-0.39, 0.29) is 19.4 Å². The third kappa shape index (κ3) is 1.03. The first-order valence-electron chi connectivity index (χ1n) is 6.83. The Hall–Kier alpha value is -1.40. The molecule has 4 aliphatic rings. The summed E-state index contributed by atoms with van der Waals surface area (Å²) in [6.45, 7) is 1.80. The smallest absolute Gasteiger partial charge is 0.343 e. The second-order valence-electron chi connectivity index (χ2n) is 6.56.